The van der Waals surface area contributed by atoms with Crippen LogP contribution in [0.15, 0.2) is 78.0 Å². The summed E-state index contributed by atoms with van der Waals surface area (Å²) in [7, 11) is -4.44. The van der Waals surface area contributed by atoms with E-state index in [1.807, 2.05) is 0 Å². The number of alkyl halides is 3. The van der Waals surface area contributed by atoms with Gasteiger partial charge in [-0.1, -0.05) is 47.2 Å². The van der Waals surface area contributed by atoms with E-state index >= 15 is 0 Å². The molecule has 0 unspecified atom stereocenters. The summed E-state index contributed by atoms with van der Waals surface area (Å²) in [5.41, 5.74) is 1.30. The van der Waals surface area contributed by atoms with E-state index in [0.29, 0.717) is 41.4 Å². The summed E-state index contributed by atoms with van der Waals surface area (Å²) in [5.74, 6) is -0.757. The normalized spacial score (nSPS) is 17.9. The minimum atomic E-state index is -4.71. The molecule has 0 saturated heterocycles. The second-order valence-corrected chi connectivity index (χ2v) is 12.2. The Kier molecular flexibility index (Phi) is 7.69. The van der Waals surface area contributed by atoms with Gasteiger partial charge in [-0.05, 0) is 73.4 Å². The maximum absolute atomic E-state index is 14.5. The first-order valence-corrected chi connectivity index (χ1v) is 14.5. The van der Waals surface area contributed by atoms with E-state index in [1.54, 1.807) is 55.1 Å². The lowest BCUT2D eigenvalue weighted by molar-refractivity contribution is -0.137. The maximum Gasteiger partial charge on any atom is 0.416 e. The number of sulfonamides is 1. The van der Waals surface area contributed by atoms with Crippen LogP contribution >= 0.6 is 11.6 Å². The second kappa shape index (κ2) is 10.9. The fourth-order valence-corrected chi connectivity index (χ4v) is 7.30. The van der Waals surface area contributed by atoms with Gasteiger partial charge in [0.05, 0.1) is 27.4 Å². The van der Waals surface area contributed by atoms with Gasteiger partial charge >= 0.3 is 6.18 Å². The Morgan fingerprint density at radius 3 is 2.56 bits per heavy atom. The number of allylic oxidation sites excluding steroid dienone is 1. The first-order chi connectivity index (χ1) is 19.4. The average Bonchev–Trinajstić information content (AvgIpc) is 3.42. The Morgan fingerprint density at radius 1 is 1.12 bits per heavy atom. The molecule has 3 aromatic carbocycles. The van der Waals surface area contributed by atoms with Crippen molar-refractivity contribution in [1.29, 1.82) is 0 Å². The number of fused-ring (bicyclic) bond motifs is 1. The highest BCUT2D eigenvalue weighted by molar-refractivity contribution is 7.92. The molecular weight excluding hydrogens is 580 g/mol. The minimum Gasteiger partial charge on any atom is -0.263 e. The highest BCUT2D eigenvalue weighted by Gasteiger charge is 2.40. The molecule has 0 N–H and O–H groups in total. The molecule has 4 aromatic rings. The topological polar surface area (TPSA) is 68.1 Å². The fourth-order valence-electron chi connectivity index (χ4n) is 5.19. The summed E-state index contributed by atoms with van der Waals surface area (Å²) in [5, 5.41) is 8.04. The zero-order valence-electron chi connectivity index (χ0n) is 22.0. The lowest BCUT2D eigenvalue weighted by atomic mass is 9.87. The Hall–Kier alpha value is -3.70. The van der Waals surface area contributed by atoms with Gasteiger partial charge in [0.15, 0.2) is 0 Å². The molecule has 5 rings (SSSR count). The fraction of sp³-hybridized carbons (Fsp3) is 0.241. The quantitative estimate of drug-likeness (QED) is 0.174. The van der Waals surface area contributed by atoms with Crippen molar-refractivity contribution in [3.05, 3.63) is 106 Å². The second-order valence-electron chi connectivity index (χ2n) is 9.97. The van der Waals surface area contributed by atoms with E-state index in [-0.39, 0.29) is 16.5 Å². The molecule has 41 heavy (non-hydrogen) atoms. The molecule has 0 fully saturated rings. The van der Waals surface area contributed by atoms with E-state index in [0.717, 1.165) is 18.2 Å². The van der Waals surface area contributed by atoms with Crippen molar-refractivity contribution in [2.24, 2.45) is 5.92 Å². The smallest absolute Gasteiger partial charge is 0.263 e. The molecule has 0 radical (unpaired) electrons. The maximum atomic E-state index is 14.5. The molecule has 0 saturated carbocycles. The zero-order valence-corrected chi connectivity index (χ0v) is 23.6. The molecule has 0 amide bonds. The lowest BCUT2D eigenvalue weighted by Crippen LogP contribution is -2.48. The predicted molar refractivity (Wildman–Crippen MR) is 149 cm³/mol. The molecule has 2 heterocycles. The van der Waals surface area contributed by atoms with Gasteiger partial charge in [-0.3, -0.25) is 8.99 Å². The van der Waals surface area contributed by atoms with Crippen LogP contribution in [0.4, 0.5) is 23.2 Å². The highest BCUT2D eigenvalue weighted by Crippen LogP contribution is 2.41. The van der Waals surface area contributed by atoms with Crippen LogP contribution < -0.4 is 4.31 Å². The first kappa shape index (κ1) is 28.8. The van der Waals surface area contributed by atoms with E-state index in [9.17, 15) is 26.0 Å². The standard InChI is InChI=1S/C29H25ClF4N4O2S/c1-18(28-25(30)7-4-8-26(28)31)13-20-9-10-21-15-22(17-37-12-11-35-36-37)19(2)38(27(21)14-20)41(39,40)24-6-3-5-23(16-24)29(32,33)34/h3-14,16,19,22H,15,17H2,1-2H3/b18-13+/t19-,22+/m1/s1. The van der Waals surface area contributed by atoms with Crippen LogP contribution in [0.1, 0.15) is 36.1 Å². The Labute approximate surface area is 239 Å². The predicted octanol–water partition coefficient (Wildman–Crippen LogP) is 7.11. The Bertz CT molecular complexity index is 1700. The largest absolute Gasteiger partial charge is 0.416 e. The summed E-state index contributed by atoms with van der Waals surface area (Å²) >= 11 is 6.24. The number of rotatable bonds is 6. The third-order valence-electron chi connectivity index (χ3n) is 7.23. The number of hydrogen-bond acceptors (Lipinski definition) is 4. The Balaban J connectivity index is 1.63. The Morgan fingerprint density at radius 2 is 1.88 bits per heavy atom. The molecule has 214 valence electrons. The van der Waals surface area contributed by atoms with Crippen LogP contribution in [0.3, 0.4) is 0 Å². The van der Waals surface area contributed by atoms with Gasteiger partial charge in [0.25, 0.3) is 10.0 Å². The molecular formula is C29H25ClF4N4O2S. The molecule has 2 atom stereocenters. The van der Waals surface area contributed by atoms with Gasteiger partial charge in [0.1, 0.15) is 5.82 Å². The van der Waals surface area contributed by atoms with E-state index in [1.165, 1.54) is 22.6 Å². The van der Waals surface area contributed by atoms with E-state index in [2.05, 4.69) is 10.3 Å². The van der Waals surface area contributed by atoms with Gasteiger partial charge in [0, 0.05) is 30.3 Å². The van der Waals surface area contributed by atoms with Crippen molar-refractivity contribution < 1.29 is 26.0 Å². The average molecular weight is 605 g/mol. The van der Waals surface area contributed by atoms with Crippen molar-refractivity contribution in [1.82, 2.24) is 15.0 Å². The van der Waals surface area contributed by atoms with Crippen molar-refractivity contribution in [2.75, 3.05) is 4.31 Å². The monoisotopic (exact) mass is 604 g/mol. The molecule has 1 aliphatic heterocycles. The molecule has 6 nitrogen and oxygen atoms in total. The molecule has 0 aliphatic carbocycles. The van der Waals surface area contributed by atoms with Crippen LogP contribution in [-0.2, 0) is 29.2 Å². The summed E-state index contributed by atoms with van der Waals surface area (Å²) < 4.78 is 86.0. The third-order valence-corrected chi connectivity index (χ3v) is 9.44. The number of halogens is 5. The third kappa shape index (κ3) is 5.73. The van der Waals surface area contributed by atoms with Crippen LogP contribution in [0, 0.1) is 11.7 Å². The SMILES string of the molecule is C/C(=C\c1ccc2c(c1)N(S(=O)(=O)c1cccc(C(F)(F)F)c1)[C@H](C)[C@H](Cn1ccnn1)C2)c1c(F)cccc1Cl. The van der Waals surface area contributed by atoms with Gasteiger partial charge < -0.3 is 0 Å². The van der Waals surface area contributed by atoms with Gasteiger partial charge in [-0.15, -0.1) is 5.10 Å². The summed E-state index contributed by atoms with van der Waals surface area (Å²) in [6, 6.07) is 12.7. The molecule has 0 spiro atoms. The van der Waals surface area contributed by atoms with E-state index in [4.69, 9.17) is 11.6 Å². The number of nitrogens with zero attached hydrogens (tertiary/aromatic N) is 4. The van der Waals surface area contributed by atoms with Gasteiger partial charge in [0.2, 0.25) is 0 Å². The number of benzene rings is 3. The zero-order chi connectivity index (χ0) is 29.5. The van der Waals surface area contributed by atoms with Crippen LogP contribution in [-0.4, -0.2) is 29.5 Å². The number of aromatic nitrogens is 3. The number of hydrogen-bond donors (Lipinski definition) is 0. The van der Waals surface area contributed by atoms with Crippen LogP contribution in [0.2, 0.25) is 5.02 Å². The van der Waals surface area contributed by atoms with Crippen LogP contribution in [0.5, 0.6) is 0 Å². The number of anilines is 1. The molecule has 1 aliphatic rings. The van der Waals surface area contributed by atoms with Gasteiger partial charge in [-0.2, -0.15) is 13.2 Å². The molecule has 12 heteroatoms. The van der Waals surface area contributed by atoms with E-state index < -0.39 is 38.5 Å². The van der Waals surface area contributed by atoms with Crippen molar-refractivity contribution >= 4 is 39.0 Å². The first-order valence-electron chi connectivity index (χ1n) is 12.7. The van der Waals surface area contributed by atoms with Crippen LogP contribution in [0.25, 0.3) is 11.6 Å². The summed E-state index contributed by atoms with van der Waals surface area (Å²) in [6.45, 7) is 3.77. The van der Waals surface area contributed by atoms with Crippen molar-refractivity contribution in [2.45, 2.75) is 43.9 Å². The lowest BCUT2D eigenvalue weighted by Gasteiger charge is -2.41. The van der Waals surface area contributed by atoms with Crippen molar-refractivity contribution in [3.63, 3.8) is 0 Å². The van der Waals surface area contributed by atoms with Gasteiger partial charge in [-0.25, -0.2) is 12.8 Å². The summed E-state index contributed by atoms with van der Waals surface area (Å²) in [6.07, 6.45) is 0.648. The molecule has 1 aromatic heterocycles. The van der Waals surface area contributed by atoms with Crippen molar-refractivity contribution in [3.8, 4) is 0 Å². The minimum absolute atomic E-state index is 0.224. The summed E-state index contributed by atoms with van der Waals surface area (Å²) in [4.78, 5) is -0.471. The molecule has 0 bridgehead atoms. The highest BCUT2D eigenvalue weighted by atomic mass is 35.5.